The second kappa shape index (κ2) is 9.51. The molecule has 3 aromatic rings. The van der Waals surface area contributed by atoms with Crippen LogP contribution in [0.15, 0.2) is 72.8 Å². The maximum Gasteiger partial charge on any atom is 0.293 e. The van der Waals surface area contributed by atoms with Crippen LogP contribution >= 0.6 is 0 Å². The van der Waals surface area contributed by atoms with Gasteiger partial charge in [-0.1, -0.05) is 30.3 Å². The van der Waals surface area contributed by atoms with Crippen molar-refractivity contribution in [1.82, 2.24) is 4.90 Å². The monoisotopic (exact) mass is 409 g/mol. The average Bonchev–Trinajstić information content (AvgIpc) is 2.75. The zero-order valence-corrected chi connectivity index (χ0v) is 16.2. The van der Waals surface area contributed by atoms with Gasteiger partial charge < -0.3 is 15.0 Å². The Labute approximate surface area is 172 Å². The largest absolute Gasteiger partial charge is 0.489 e. The first-order valence-corrected chi connectivity index (χ1v) is 9.19. The summed E-state index contributed by atoms with van der Waals surface area (Å²) in [6.07, 6.45) is 0. The minimum absolute atomic E-state index is 0.0823. The summed E-state index contributed by atoms with van der Waals surface area (Å²) >= 11 is 0. The number of likely N-dealkylation sites (N-methyl/N-ethyl adjacent to an activating group) is 1. The molecule has 8 heteroatoms. The maximum absolute atomic E-state index is 13.6. The highest BCUT2D eigenvalue weighted by Crippen LogP contribution is 2.29. The molecule has 1 N–H and O–H groups in total. The fraction of sp³-hybridized carbons (Fsp3) is 0.136. The van der Waals surface area contributed by atoms with E-state index in [1.165, 1.54) is 35.2 Å². The molecule has 0 saturated heterocycles. The van der Waals surface area contributed by atoms with Crippen LogP contribution in [0.25, 0.3) is 0 Å². The molecule has 0 aromatic heterocycles. The number of halogens is 1. The van der Waals surface area contributed by atoms with E-state index in [0.717, 1.165) is 0 Å². The third-order valence-corrected chi connectivity index (χ3v) is 4.36. The lowest BCUT2D eigenvalue weighted by molar-refractivity contribution is -0.383. The van der Waals surface area contributed by atoms with E-state index in [1.54, 1.807) is 31.3 Å². The molecule has 0 heterocycles. The van der Waals surface area contributed by atoms with Crippen LogP contribution in [0.5, 0.6) is 5.75 Å². The highest BCUT2D eigenvalue weighted by molar-refractivity contribution is 5.95. The normalized spacial score (nSPS) is 10.3. The molecular formula is C22H20FN3O4. The number of nitro groups is 1. The molecular weight excluding hydrogens is 389 g/mol. The van der Waals surface area contributed by atoms with Crippen LogP contribution in [0.1, 0.15) is 10.4 Å². The number of para-hydroxylation sites is 2. The standard InChI is InChI=1S/C22H20FN3O4/c1-25(13-14-30-21-10-6-5-9-18(21)23)22(27)16-11-12-19(20(15-16)26(28)29)24-17-7-3-2-4-8-17/h2-12,15,24H,13-14H2,1H3. The first kappa shape index (κ1) is 20.8. The van der Waals surface area contributed by atoms with Gasteiger partial charge in [0, 0.05) is 24.4 Å². The molecule has 154 valence electrons. The van der Waals surface area contributed by atoms with Gasteiger partial charge in [-0.25, -0.2) is 4.39 Å². The van der Waals surface area contributed by atoms with E-state index >= 15 is 0 Å². The summed E-state index contributed by atoms with van der Waals surface area (Å²) in [6, 6.07) is 19.3. The summed E-state index contributed by atoms with van der Waals surface area (Å²) < 4.78 is 18.9. The van der Waals surface area contributed by atoms with Crippen molar-refractivity contribution in [2.45, 2.75) is 0 Å². The zero-order chi connectivity index (χ0) is 21.5. The Hall–Kier alpha value is -3.94. The Morgan fingerprint density at radius 2 is 1.80 bits per heavy atom. The Kier molecular flexibility index (Phi) is 6.59. The number of nitrogens with one attached hydrogen (secondary N) is 1. The van der Waals surface area contributed by atoms with E-state index < -0.39 is 16.6 Å². The number of hydrogen-bond acceptors (Lipinski definition) is 5. The Morgan fingerprint density at radius 1 is 1.10 bits per heavy atom. The van der Waals surface area contributed by atoms with Crippen molar-refractivity contribution in [2.75, 3.05) is 25.5 Å². The van der Waals surface area contributed by atoms with E-state index in [9.17, 15) is 19.3 Å². The van der Waals surface area contributed by atoms with Gasteiger partial charge in [0.15, 0.2) is 11.6 Å². The average molecular weight is 409 g/mol. The van der Waals surface area contributed by atoms with Crippen LogP contribution in [0.2, 0.25) is 0 Å². The predicted octanol–water partition coefficient (Wildman–Crippen LogP) is 4.63. The van der Waals surface area contributed by atoms with Crippen LogP contribution in [-0.2, 0) is 0 Å². The highest BCUT2D eigenvalue weighted by atomic mass is 19.1. The van der Waals surface area contributed by atoms with Crippen molar-refractivity contribution >= 4 is 23.0 Å². The van der Waals surface area contributed by atoms with Gasteiger partial charge in [-0.2, -0.15) is 0 Å². The second-order valence-corrected chi connectivity index (χ2v) is 6.49. The zero-order valence-electron chi connectivity index (χ0n) is 16.2. The summed E-state index contributed by atoms with van der Waals surface area (Å²) in [5.74, 6) is -0.782. The van der Waals surface area contributed by atoms with E-state index in [1.807, 2.05) is 18.2 Å². The van der Waals surface area contributed by atoms with Gasteiger partial charge in [-0.05, 0) is 36.4 Å². The van der Waals surface area contributed by atoms with Crippen LogP contribution in [0, 0.1) is 15.9 Å². The topological polar surface area (TPSA) is 84.7 Å². The van der Waals surface area contributed by atoms with Gasteiger partial charge in [0.05, 0.1) is 11.5 Å². The van der Waals surface area contributed by atoms with Crippen molar-refractivity contribution in [1.29, 1.82) is 0 Å². The summed E-state index contributed by atoms with van der Waals surface area (Å²) in [6.45, 7) is 0.268. The second-order valence-electron chi connectivity index (χ2n) is 6.49. The smallest absolute Gasteiger partial charge is 0.293 e. The fourth-order valence-corrected chi connectivity index (χ4v) is 2.77. The molecule has 3 rings (SSSR count). The number of benzene rings is 3. The van der Waals surface area contributed by atoms with E-state index in [2.05, 4.69) is 5.32 Å². The summed E-state index contributed by atoms with van der Waals surface area (Å²) in [5.41, 5.74) is 0.949. The van der Waals surface area contributed by atoms with Crippen molar-refractivity contribution in [3.8, 4) is 5.75 Å². The number of ether oxygens (including phenoxy) is 1. The molecule has 0 aliphatic rings. The van der Waals surface area contributed by atoms with E-state index in [0.29, 0.717) is 5.69 Å². The van der Waals surface area contributed by atoms with E-state index in [-0.39, 0.29) is 35.8 Å². The fourth-order valence-electron chi connectivity index (χ4n) is 2.77. The molecule has 3 aromatic carbocycles. The molecule has 30 heavy (non-hydrogen) atoms. The van der Waals surface area contributed by atoms with Gasteiger partial charge in [-0.3, -0.25) is 14.9 Å². The summed E-state index contributed by atoms with van der Waals surface area (Å²) in [7, 11) is 1.55. The quantitative estimate of drug-likeness (QED) is 0.433. The van der Waals surface area contributed by atoms with Gasteiger partial charge >= 0.3 is 0 Å². The summed E-state index contributed by atoms with van der Waals surface area (Å²) in [4.78, 5) is 25.0. The number of carbonyl (C=O) groups is 1. The maximum atomic E-state index is 13.6. The first-order chi connectivity index (χ1) is 14.5. The van der Waals surface area contributed by atoms with Crippen LogP contribution in [0.4, 0.5) is 21.5 Å². The number of nitrogens with zero attached hydrogens (tertiary/aromatic N) is 2. The third-order valence-electron chi connectivity index (χ3n) is 4.36. The molecule has 0 radical (unpaired) electrons. The Bertz CT molecular complexity index is 1040. The van der Waals surface area contributed by atoms with Crippen LogP contribution in [-0.4, -0.2) is 35.9 Å². The number of nitro benzene ring substituents is 1. The van der Waals surface area contributed by atoms with Crippen molar-refractivity contribution in [3.63, 3.8) is 0 Å². The molecule has 0 unspecified atom stereocenters. The number of carbonyl (C=O) groups excluding carboxylic acids is 1. The van der Waals surface area contributed by atoms with Gasteiger partial charge in [0.25, 0.3) is 11.6 Å². The number of amides is 1. The molecule has 7 nitrogen and oxygen atoms in total. The minimum Gasteiger partial charge on any atom is -0.489 e. The molecule has 0 spiro atoms. The molecule has 0 aliphatic heterocycles. The van der Waals surface area contributed by atoms with Crippen LogP contribution in [0.3, 0.4) is 0 Å². The van der Waals surface area contributed by atoms with Crippen molar-refractivity contribution < 1.29 is 18.8 Å². The van der Waals surface area contributed by atoms with Gasteiger partial charge in [-0.15, -0.1) is 0 Å². The highest BCUT2D eigenvalue weighted by Gasteiger charge is 2.20. The first-order valence-electron chi connectivity index (χ1n) is 9.19. The van der Waals surface area contributed by atoms with Crippen LogP contribution < -0.4 is 10.1 Å². The number of rotatable bonds is 8. The van der Waals surface area contributed by atoms with Crippen molar-refractivity contribution in [2.24, 2.45) is 0 Å². The lowest BCUT2D eigenvalue weighted by Gasteiger charge is -2.18. The molecule has 0 fully saturated rings. The predicted molar refractivity (Wildman–Crippen MR) is 112 cm³/mol. The number of anilines is 2. The lowest BCUT2D eigenvalue weighted by atomic mass is 10.1. The molecule has 0 aliphatic carbocycles. The van der Waals surface area contributed by atoms with Gasteiger partial charge in [0.2, 0.25) is 0 Å². The van der Waals surface area contributed by atoms with Gasteiger partial charge in [0.1, 0.15) is 12.3 Å². The molecule has 0 atom stereocenters. The minimum atomic E-state index is -0.538. The molecule has 0 saturated carbocycles. The third kappa shape index (κ3) is 5.11. The summed E-state index contributed by atoms with van der Waals surface area (Å²) in [5, 5.41) is 14.5. The van der Waals surface area contributed by atoms with E-state index in [4.69, 9.17) is 4.74 Å². The number of hydrogen-bond donors (Lipinski definition) is 1. The molecule has 0 bridgehead atoms. The Morgan fingerprint density at radius 3 is 2.50 bits per heavy atom. The van der Waals surface area contributed by atoms with Crippen molar-refractivity contribution in [3.05, 3.63) is 94.3 Å². The molecule has 1 amide bonds. The SMILES string of the molecule is CN(CCOc1ccccc1F)C(=O)c1ccc(Nc2ccccc2)c([N+](=O)[O-])c1. The lowest BCUT2D eigenvalue weighted by Crippen LogP contribution is -2.31. The Balaban J connectivity index is 1.68.